The van der Waals surface area contributed by atoms with Crippen LogP contribution in [0.2, 0.25) is 0 Å². The second kappa shape index (κ2) is 7.76. The Morgan fingerprint density at radius 1 is 1.21 bits per heavy atom. The maximum absolute atomic E-state index is 4.40. The van der Waals surface area contributed by atoms with E-state index in [1.807, 2.05) is 47.1 Å². The Labute approximate surface area is 143 Å². The van der Waals surface area contributed by atoms with Crippen molar-refractivity contribution in [2.45, 2.75) is 32.9 Å². The van der Waals surface area contributed by atoms with Gasteiger partial charge in [-0.05, 0) is 25.5 Å². The summed E-state index contributed by atoms with van der Waals surface area (Å²) >= 11 is 0. The molecule has 0 saturated carbocycles. The van der Waals surface area contributed by atoms with Crippen molar-refractivity contribution in [1.82, 2.24) is 19.3 Å². The number of nitrogens with zero attached hydrogens (tertiary/aromatic N) is 4. The summed E-state index contributed by atoms with van der Waals surface area (Å²) in [7, 11) is 0. The van der Waals surface area contributed by atoms with Crippen molar-refractivity contribution in [2.75, 3.05) is 6.54 Å². The molecule has 0 amide bonds. The van der Waals surface area contributed by atoms with Crippen molar-refractivity contribution in [3.63, 3.8) is 0 Å². The fourth-order valence-corrected chi connectivity index (χ4v) is 2.57. The van der Waals surface area contributed by atoms with Crippen LogP contribution < -0.4 is 0 Å². The molecular formula is C20H22N4. The predicted molar refractivity (Wildman–Crippen MR) is 96.5 cm³/mol. The van der Waals surface area contributed by atoms with Gasteiger partial charge >= 0.3 is 0 Å². The van der Waals surface area contributed by atoms with Gasteiger partial charge < -0.3 is 0 Å². The molecule has 0 bridgehead atoms. The first kappa shape index (κ1) is 16.2. The minimum atomic E-state index is 0.466. The Bertz CT molecular complexity index is 842. The topological polar surface area (TPSA) is 33.4 Å². The van der Waals surface area contributed by atoms with Gasteiger partial charge in [0, 0.05) is 48.5 Å². The van der Waals surface area contributed by atoms with Crippen molar-refractivity contribution >= 4 is 5.78 Å². The van der Waals surface area contributed by atoms with Gasteiger partial charge in [-0.3, -0.25) is 9.30 Å². The molecule has 0 fully saturated rings. The molecule has 0 saturated heterocycles. The van der Waals surface area contributed by atoms with Gasteiger partial charge in [-0.25, -0.2) is 9.97 Å². The molecule has 0 radical (unpaired) electrons. The predicted octanol–water partition coefficient (Wildman–Crippen LogP) is 3.38. The Balaban J connectivity index is 1.73. The lowest BCUT2D eigenvalue weighted by Crippen LogP contribution is -2.32. The molecule has 0 aliphatic rings. The van der Waals surface area contributed by atoms with Crippen LogP contribution in [0, 0.1) is 11.8 Å². The SMILES string of the molecule is CC[C@H](C)N(CC#Cc1ccccc1)Cc1cnc2nccn2c1. The number of imidazole rings is 1. The molecule has 2 heterocycles. The highest BCUT2D eigenvalue weighted by atomic mass is 15.1. The summed E-state index contributed by atoms with van der Waals surface area (Å²) in [6.45, 7) is 6.03. The summed E-state index contributed by atoms with van der Waals surface area (Å²) in [6.07, 6.45) is 8.78. The van der Waals surface area contributed by atoms with E-state index in [1.54, 1.807) is 6.20 Å². The van der Waals surface area contributed by atoms with E-state index < -0.39 is 0 Å². The van der Waals surface area contributed by atoms with Crippen LogP contribution in [0.4, 0.5) is 0 Å². The van der Waals surface area contributed by atoms with Crippen LogP contribution in [0.1, 0.15) is 31.4 Å². The highest BCUT2D eigenvalue weighted by Gasteiger charge is 2.12. The van der Waals surface area contributed by atoms with Crippen LogP contribution >= 0.6 is 0 Å². The molecule has 4 nitrogen and oxygen atoms in total. The zero-order valence-electron chi connectivity index (χ0n) is 14.2. The summed E-state index contributed by atoms with van der Waals surface area (Å²) in [6, 6.07) is 10.6. The quantitative estimate of drug-likeness (QED) is 0.676. The smallest absolute Gasteiger partial charge is 0.233 e. The zero-order valence-corrected chi connectivity index (χ0v) is 14.2. The van der Waals surface area contributed by atoms with Crippen LogP contribution in [-0.4, -0.2) is 31.9 Å². The maximum atomic E-state index is 4.40. The van der Waals surface area contributed by atoms with Gasteiger partial charge in [0.05, 0.1) is 6.54 Å². The van der Waals surface area contributed by atoms with Crippen LogP contribution in [-0.2, 0) is 6.54 Å². The van der Waals surface area contributed by atoms with Crippen molar-refractivity contribution in [2.24, 2.45) is 0 Å². The number of aromatic nitrogens is 3. The highest BCUT2D eigenvalue weighted by molar-refractivity contribution is 5.34. The van der Waals surface area contributed by atoms with Gasteiger partial charge in [0.25, 0.3) is 0 Å². The summed E-state index contributed by atoms with van der Waals surface area (Å²) < 4.78 is 1.96. The molecule has 122 valence electrons. The lowest BCUT2D eigenvalue weighted by molar-refractivity contribution is 0.220. The largest absolute Gasteiger partial charge is 0.291 e. The lowest BCUT2D eigenvalue weighted by Gasteiger charge is -2.26. The molecule has 0 spiro atoms. The van der Waals surface area contributed by atoms with E-state index in [4.69, 9.17) is 0 Å². The van der Waals surface area contributed by atoms with E-state index in [0.29, 0.717) is 6.04 Å². The minimum Gasteiger partial charge on any atom is -0.291 e. The van der Waals surface area contributed by atoms with Crippen LogP contribution in [0.3, 0.4) is 0 Å². The molecule has 4 heteroatoms. The maximum Gasteiger partial charge on any atom is 0.233 e. The van der Waals surface area contributed by atoms with Gasteiger partial charge in [-0.2, -0.15) is 0 Å². The molecule has 3 aromatic rings. The van der Waals surface area contributed by atoms with Gasteiger partial charge in [-0.1, -0.05) is 37.0 Å². The standard InChI is InChI=1S/C20H22N4/c1-3-17(2)23(12-7-10-18-8-5-4-6-9-18)15-19-14-22-20-21-11-13-24(20)16-19/h4-6,8-9,11,13-14,16-17H,3,12,15H2,1-2H3/t17-/m0/s1. The van der Waals surface area contributed by atoms with Gasteiger partial charge in [0.15, 0.2) is 0 Å². The Morgan fingerprint density at radius 2 is 2.04 bits per heavy atom. The first-order chi connectivity index (χ1) is 11.8. The van der Waals surface area contributed by atoms with Gasteiger partial charge in [0.1, 0.15) is 0 Å². The van der Waals surface area contributed by atoms with Gasteiger partial charge in [0.2, 0.25) is 5.78 Å². The Kier molecular flexibility index (Phi) is 5.25. The minimum absolute atomic E-state index is 0.466. The molecule has 1 aromatic carbocycles. The summed E-state index contributed by atoms with van der Waals surface area (Å²) in [5, 5.41) is 0. The van der Waals surface area contributed by atoms with Crippen molar-refractivity contribution in [3.8, 4) is 11.8 Å². The van der Waals surface area contributed by atoms with E-state index in [1.165, 1.54) is 5.56 Å². The van der Waals surface area contributed by atoms with E-state index in [-0.39, 0.29) is 0 Å². The third-order valence-corrected chi connectivity index (χ3v) is 4.19. The molecular weight excluding hydrogens is 296 g/mol. The molecule has 2 aromatic heterocycles. The Hall–Kier alpha value is -2.64. The molecule has 1 atom stereocenters. The van der Waals surface area contributed by atoms with E-state index in [2.05, 4.69) is 46.8 Å². The van der Waals surface area contributed by atoms with E-state index >= 15 is 0 Å². The number of hydrogen-bond donors (Lipinski definition) is 0. The average Bonchev–Trinajstić information content (AvgIpc) is 3.09. The monoisotopic (exact) mass is 318 g/mol. The lowest BCUT2D eigenvalue weighted by atomic mass is 10.2. The van der Waals surface area contributed by atoms with Crippen LogP contribution in [0.5, 0.6) is 0 Å². The van der Waals surface area contributed by atoms with E-state index in [0.717, 1.165) is 30.9 Å². The van der Waals surface area contributed by atoms with Crippen LogP contribution in [0.15, 0.2) is 55.1 Å². The van der Waals surface area contributed by atoms with Crippen LogP contribution in [0.25, 0.3) is 5.78 Å². The number of fused-ring (bicyclic) bond motifs is 1. The summed E-state index contributed by atoms with van der Waals surface area (Å²) in [4.78, 5) is 11.0. The van der Waals surface area contributed by atoms with E-state index in [9.17, 15) is 0 Å². The van der Waals surface area contributed by atoms with Crippen molar-refractivity contribution in [3.05, 3.63) is 66.2 Å². The van der Waals surface area contributed by atoms with Gasteiger partial charge in [-0.15, -0.1) is 0 Å². The fourth-order valence-electron chi connectivity index (χ4n) is 2.57. The Morgan fingerprint density at radius 3 is 2.83 bits per heavy atom. The molecule has 0 aliphatic carbocycles. The molecule has 0 N–H and O–H groups in total. The third kappa shape index (κ3) is 4.01. The average molecular weight is 318 g/mol. The molecule has 0 unspecified atom stereocenters. The first-order valence-electron chi connectivity index (χ1n) is 8.32. The fraction of sp³-hybridized carbons (Fsp3) is 0.300. The second-order valence-corrected chi connectivity index (χ2v) is 5.93. The van der Waals surface area contributed by atoms with Crippen molar-refractivity contribution < 1.29 is 0 Å². The first-order valence-corrected chi connectivity index (χ1v) is 8.32. The molecule has 24 heavy (non-hydrogen) atoms. The number of rotatable bonds is 5. The molecule has 3 rings (SSSR count). The molecule has 0 aliphatic heterocycles. The summed E-state index contributed by atoms with van der Waals surface area (Å²) in [5.41, 5.74) is 2.23. The highest BCUT2D eigenvalue weighted by Crippen LogP contribution is 2.10. The second-order valence-electron chi connectivity index (χ2n) is 5.93. The normalized spacial score (nSPS) is 12.1. The number of hydrogen-bond acceptors (Lipinski definition) is 3. The number of benzene rings is 1. The van der Waals surface area contributed by atoms with Crippen molar-refractivity contribution in [1.29, 1.82) is 0 Å². The third-order valence-electron chi connectivity index (χ3n) is 4.19. The summed E-state index contributed by atoms with van der Waals surface area (Å²) in [5.74, 6) is 7.28. The zero-order chi connectivity index (χ0) is 16.8.